The molecule has 1 saturated carbocycles. The van der Waals surface area contributed by atoms with Crippen LogP contribution in [-0.2, 0) is 0 Å². The number of aromatic amines is 1. The van der Waals surface area contributed by atoms with E-state index in [0.717, 1.165) is 42.5 Å². The van der Waals surface area contributed by atoms with Crippen LogP contribution in [0.15, 0.2) is 36.5 Å². The van der Waals surface area contributed by atoms with Gasteiger partial charge in [0.25, 0.3) is 5.91 Å². The van der Waals surface area contributed by atoms with Crippen LogP contribution in [0.3, 0.4) is 0 Å². The Morgan fingerprint density at radius 1 is 1.14 bits per heavy atom. The van der Waals surface area contributed by atoms with Gasteiger partial charge < -0.3 is 19.8 Å². The van der Waals surface area contributed by atoms with Crippen LogP contribution in [0.4, 0.5) is 0 Å². The van der Waals surface area contributed by atoms with E-state index >= 15 is 0 Å². The number of carbonyl (C=O) groups excluding carboxylic acids is 1. The summed E-state index contributed by atoms with van der Waals surface area (Å²) in [5, 5.41) is 3.14. The Morgan fingerprint density at radius 3 is 2.89 bits per heavy atom. The zero-order valence-electron chi connectivity index (χ0n) is 15.5. The molecule has 3 heterocycles. The topological polar surface area (TPSA) is 89.1 Å². The van der Waals surface area contributed by atoms with Crippen molar-refractivity contribution in [1.82, 2.24) is 20.3 Å². The van der Waals surface area contributed by atoms with Gasteiger partial charge in [0.15, 0.2) is 11.5 Å². The van der Waals surface area contributed by atoms with Crippen molar-refractivity contribution >= 4 is 16.9 Å². The number of rotatable bonds is 3. The molecule has 0 bridgehead atoms. The third kappa shape index (κ3) is 3.28. The number of ether oxygens (including phenoxy) is 2. The molecule has 1 unspecified atom stereocenters. The Bertz CT molecular complexity index is 983. The van der Waals surface area contributed by atoms with Gasteiger partial charge in [-0.2, -0.15) is 0 Å². The van der Waals surface area contributed by atoms with E-state index in [1.807, 2.05) is 24.3 Å². The van der Waals surface area contributed by atoms with Gasteiger partial charge in [-0.1, -0.05) is 18.6 Å². The van der Waals surface area contributed by atoms with Crippen molar-refractivity contribution in [2.45, 2.75) is 37.6 Å². The van der Waals surface area contributed by atoms with Crippen LogP contribution in [0.2, 0.25) is 0 Å². The van der Waals surface area contributed by atoms with Crippen LogP contribution in [0.25, 0.3) is 11.0 Å². The zero-order valence-corrected chi connectivity index (χ0v) is 15.5. The van der Waals surface area contributed by atoms with Gasteiger partial charge in [-0.3, -0.25) is 4.79 Å². The molecule has 7 heteroatoms. The number of amides is 1. The lowest BCUT2D eigenvalue weighted by Crippen LogP contribution is -2.38. The van der Waals surface area contributed by atoms with Crippen molar-refractivity contribution in [2.75, 3.05) is 13.2 Å². The van der Waals surface area contributed by atoms with Crippen molar-refractivity contribution in [2.24, 2.45) is 0 Å². The first kappa shape index (κ1) is 17.0. The average molecular weight is 378 g/mol. The normalized spacial score (nSPS) is 21.4. The number of nitrogens with one attached hydrogen (secondary N) is 2. The van der Waals surface area contributed by atoms with Gasteiger partial charge in [-0.15, -0.1) is 0 Å². The summed E-state index contributed by atoms with van der Waals surface area (Å²) in [5.41, 5.74) is 2.41. The number of para-hydroxylation sites is 2. The van der Waals surface area contributed by atoms with Crippen LogP contribution in [0.5, 0.6) is 11.5 Å². The first-order chi connectivity index (χ1) is 13.8. The number of benzene rings is 1. The number of pyridine rings is 1. The summed E-state index contributed by atoms with van der Waals surface area (Å²) in [6.07, 6.45) is 5.53. The molecule has 0 spiro atoms. The molecule has 28 heavy (non-hydrogen) atoms. The summed E-state index contributed by atoms with van der Waals surface area (Å²) in [7, 11) is 0. The predicted molar refractivity (Wildman–Crippen MR) is 104 cm³/mol. The van der Waals surface area contributed by atoms with Crippen LogP contribution in [0.1, 0.15) is 47.9 Å². The molecular formula is C21H22N4O3. The summed E-state index contributed by atoms with van der Waals surface area (Å²) < 4.78 is 11.0. The van der Waals surface area contributed by atoms with Crippen LogP contribution >= 0.6 is 0 Å². The molecule has 1 fully saturated rings. The van der Waals surface area contributed by atoms with E-state index in [4.69, 9.17) is 14.5 Å². The summed E-state index contributed by atoms with van der Waals surface area (Å²) in [6.45, 7) is 0.991. The maximum Gasteiger partial charge on any atom is 0.270 e. The van der Waals surface area contributed by atoms with Crippen LogP contribution in [0, 0.1) is 0 Å². The van der Waals surface area contributed by atoms with Crippen molar-refractivity contribution in [3.63, 3.8) is 0 Å². The second-order valence-electron chi connectivity index (χ2n) is 7.39. The fourth-order valence-electron chi connectivity index (χ4n) is 4.07. The summed E-state index contributed by atoms with van der Waals surface area (Å²) >= 11 is 0. The monoisotopic (exact) mass is 378 g/mol. The molecule has 5 rings (SSSR count). The van der Waals surface area contributed by atoms with E-state index in [1.165, 1.54) is 0 Å². The molecule has 1 aliphatic heterocycles. The molecule has 0 saturated heterocycles. The Balaban J connectivity index is 1.28. The van der Waals surface area contributed by atoms with Gasteiger partial charge in [-0.05, 0) is 31.4 Å². The Morgan fingerprint density at radius 2 is 2.00 bits per heavy atom. The predicted octanol–water partition coefficient (Wildman–Crippen LogP) is 3.19. The van der Waals surface area contributed by atoms with Gasteiger partial charge in [0.2, 0.25) is 0 Å². The van der Waals surface area contributed by atoms with Crippen molar-refractivity contribution in [1.29, 1.82) is 0 Å². The third-order valence-electron chi connectivity index (χ3n) is 5.47. The maximum atomic E-state index is 12.7. The van der Waals surface area contributed by atoms with E-state index in [1.54, 1.807) is 12.3 Å². The fourth-order valence-corrected chi connectivity index (χ4v) is 4.07. The number of carbonyl (C=O) groups is 1. The van der Waals surface area contributed by atoms with Crippen molar-refractivity contribution < 1.29 is 14.3 Å². The molecule has 3 aromatic rings. The highest BCUT2D eigenvalue weighted by molar-refractivity contribution is 5.93. The lowest BCUT2D eigenvalue weighted by molar-refractivity contribution is 0.0918. The van der Waals surface area contributed by atoms with Gasteiger partial charge >= 0.3 is 0 Å². The number of nitrogens with zero attached hydrogens (tertiary/aromatic N) is 2. The lowest BCUT2D eigenvalue weighted by atomic mass is 9.85. The number of hydrogen-bond acceptors (Lipinski definition) is 5. The molecule has 2 aromatic heterocycles. The molecule has 2 aliphatic rings. The van der Waals surface area contributed by atoms with Crippen LogP contribution in [-0.4, -0.2) is 40.1 Å². The zero-order chi connectivity index (χ0) is 18.9. The number of imidazole rings is 1. The molecule has 144 valence electrons. The summed E-state index contributed by atoms with van der Waals surface area (Å²) in [4.78, 5) is 25.1. The average Bonchev–Trinajstić information content (AvgIpc) is 3.18. The molecular weight excluding hydrogens is 356 g/mol. The maximum absolute atomic E-state index is 12.7. The molecule has 1 aliphatic carbocycles. The molecule has 0 radical (unpaired) electrons. The van der Waals surface area contributed by atoms with Crippen LogP contribution < -0.4 is 14.8 Å². The second kappa shape index (κ2) is 7.14. The molecule has 2 atom stereocenters. The van der Waals surface area contributed by atoms with Gasteiger partial charge in [-0.25, -0.2) is 9.97 Å². The number of aromatic nitrogens is 3. The van der Waals surface area contributed by atoms with Crippen molar-refractivity contribution in [3.8, 4) is 11.5 Å². The smallest absolute Gasteiger partial charge is 0.270 e. The molecule has 1 amide bonds. The SMILES string of the molecule is O=C(N[C@@H]1CCCC(c2nc3ccccc3[nH]2)C1)c1cc2c(cn1)OCCO2. The minimum atomic E-state index is -0.174. The Labute approximate surface area is 162 Å². The molecule has 2 N–H and O–H groups in total. The quantitative estimate of drug-likeness (QED) is 0.731. The number of hydrogen-bond donors (Lipinski definition) is 2. The van der Waals surface area contributed by atoms with E-state index in [2.05, 4.69) is 15.3 Å². The first-order valence-corrected chi connectivity index (χ1v) is 9.77. The van der Waals surface area contributed by atoms with E-state index < -0.39 is 0 Å². The minimum absolute atomic E-state index is 0.106. The van der Waals surface area contributed by atoms with Gasteiger partial charge in [0.05, 0.1) is 17.2 Å². The summed E-state index contributed by atoms with van der Waals surface area (Å²) in [6, 6.07) is 9.83. The highest BCUT2D eigenvalue weighted by Gasteiger charge is 2.27. The Hall–Kier alpha value is -3.09. The number of H-pyrrole nitrogens is 1. The first-order valence-electron chi connectivity index (χ1n) is 9.77. The van der Waals surface area contributed by atoms with Crippen molar-refractivity contribution in [3.05, 3.63) is 48.0 Å². The van der Waals surface area contributed by atoms with E-state index in [9.17, 15) is 4.79 Å². The fraction of sp³-hybridized carbons (Fsp3) is 0.381. The molecule has 1 aromatic carbocycles. The van der Waals surface area contributed by atoms with Gasteiger partial charge in [0, 0.05) is 18.0 Å². The highest BCUT2D eigenvalue weighted by Crippen LogP contribution is 2.33. The van der Waals surface area contributed by atoms with E-state index in [0.29, 0.717) is 36.3 Å². The van der Waals surface area contributed by atoms with E-state index in [-0.39, 0.29) is 11.9 Å². The lowest BCUT2D eigenvalue weighted by Gasteiger charge is -2.28. The third-order valence-corrected chi connectivity index (χ3v) is 5.47. The minimum Gasteiger partial charge on any atom is -0.486 e. The summed E-state index contributed by atoms with van der Waals surface area (Å²) in [5.74, 6) is 2.32. The second-order valence-corrected chi connectivity index (χ2v) is 7.39. The highest BCUT2D eigenvalue weighted by atomic mass is 16.6. The standard InChI is InChI=1S/C21H22N4O3/c26-21(17-11-18-19(12-22-17)28-9-8-27-18)23-14-5-3-4-13(10-14)20-24-15-6-1-2-7-16(15)25-20/h1-2,6-7,11-14H,3-5,8-10H2,(H,23,26)(H,24,25)/t13?,14-/m1/s1. The molecule has 7 nitrogen and oxygen atoms in total. The Kier molecular flexibility index (Phi) is 4.35. The van der Waals surface area contributed by atoms with Gasteiger partial charge in [0.1, 0.15) is 24.7 Å². The largest absolute Gasteiger partial charge is 0.486 e. The number of fused-ring (bicyclic) bond motifs is 2.